The molecule has 5 heteroatoms. The van der Waals surface area contributed by atoms with Crippen LogP contribution in [0.1, 0.15) is 22.8 Å². The molecule has 1 N–H and O–H groups in total. The van der Waals surface area contributed by atoms with Crippen LogP contribution in [0, 0.1) is 6.92 Å². The largest absolute Gasteiger partial charge is 0.492 e. The number of carbonyl (C=O) groups is 1. The van der Waals surface area contributed by atoms with Crippen molar-refractivity contribution in [1.82, 2.24) is 0 Å². The van der Waals surface area contributed by atoms with Crippen molar-refractivity contribution in [2.24, 2.45) is 0 Å². The third-order valence-corrected chi connectivity index (χ3v) is 3.71. The molecule has 0 radical (unpaired) electrons. The summed E-state index contributed by atoms with van der Waals surface area (Å²) in [4.78, 5) is 11.2. The predicted octanol–water partition coefficient (Wildman–Crippen LogP) is 5.07. The maximum absolute atomic E-state index is 11.2. The first kappa shape index (κ1) is 15.7. The number of rotatable bonds is 4. The molecule has 0 heterocycles. The molecule has 2 aromatic carbocycles. The topological polar surface area (TPSA) is 46.5 Å². The Morgan fingerprint density at radius 3 is 2.52 bits per heavy atom. The predicted molar refractivity (Wildman–Crippen MR) is 84.8 cm³/mol. The van der Waals surface area contributed by atoms with Gasteiger partial charge >= 0.3 is 5.97 Å². The van der Waals surface area contributed by atoms with Gasteiger partial charge in [-0.25, -0.2) is 4.79 Å². The number of aryl methyl sites for hydroxylation is 1. The molecule has 0 aliphatic carbocycles. The van der Waals surface area contributed by atoms with E-state index < -0.39 is 5.97 Å². The second-order valence-electron chi connectivity index (χ2n) is 4.53. The van der Waals surface area contributed by atoms with Gasteiger partial charge in [-0.1, -0.05) is 35.3 Å². The maximum atomic E-state index is 11.2. The zero-order valence-corrected chi connectivity index (χ0v) is 13.1. The molecule has 0 amide bonds. The lowest BCUT2D eigenvalue weighted by molar-refractivity contribution is 0.0696. The fourth-order valence-corrected chi connectivity index (χ4v) is 2.52. The lowest BCUT2D eigenvalue weighted by atomic mass is 9.99. The van der Waals surface area contributed by atoms with Crippen molar-refractivity contribution in [3.8, 4) is 16.9 Å². The molecule has 3 nitrogen and oxygen atoms in total. The molecule has 0 unspecified atom stereocenters. The molecule has 0 aliphatic rings. The van der Waals surface area contributed by atoms with E-state index in [1.807, 2.05) is 13.0 Å². The van der Waals surface area contributed by atoms with Gasteiger partial charge in [0.2, 0.25) is 0 Å². The summed E-state index contributed by atoms with van der Waals surface area (Å²) in [5.41, 5.74) is 2.31. The number of aromatic carboxylic acids is 1. The molecule has 0 saturated heterocycles. The Morgan fingerprint density at radius 2 is 1.90 bits per heavy atom. The molecule has 0 bridgehead atoms. The van der Waals surface area contributed by atoms with E-state index in [0.717, 1.165) is 0 Å². The molecule has 2 aromatic rings. The second kappa shape index (κ2) is 6.37. The normalized spacial score (nSPS) is 10.5. The average Bonchev–Trinajstić information content (AvgIpc) is 2.43. The highest BCUT2D eigenvalue weighted by atomic mass is 35.5. The van der Waals surface area contributed by atoms with Gasteiger partial charge < -0.3 is 9.84 Å². The number of carboxylic acid groups (broad SMARTS) is 1. The summed E-state index contributed by atoms with van der Waals surface area (Å²) in [5, 5.41) is 10.1. The number of ether oxygens (including phenoxy) is 1. The number of halogens is 2. The van der Waals surface area contributed by atoms with Gasteiger partial charge in [0.15, 0.2) is 0 Å². The molecule has 0 saturated carbocycles. The van der Waals surface area contributed by atoms with Crippen LogP contribution in [0.2, 0.25) is 10.0 Å². The third-order valence-electron chi connectivity index (χ3n) is 3.10. The van der Waals surface area contributed by atoms with Crippen molar-refractivity contribution in [2.45, 2.75) is 13.8 Å². The molecular formula is C16H14Cl2O3. The van der Waals surface area contributed by atoms with E-state index in [9.17, 15) is 9.90 Å². The number of hydrogen-bond donors (Lipinski definition) is 1. The molecule has 0 spiro atoms. The minimum atomic E-state index is -0.970. The first-order valence-corrected chi connectivity index (χ1v) is 7.15. The Bertz CT molecular complexity index is 696. The smallest absolute Gasteiger partial charge is 0.335 e. The molecule has 110 valence electrons. The van der Waals surface area contributed by atoms with Crippen molar-refractivity contribution >= 4 is 29.2 Å². The van der Waals surface area contributed by atoms with E-state index in [1.54, 1.807) is 31.2 Å². The molecule has 0 aromatic heterocycles. The van der Waals surface area contributed by atoms with E-state index in [1.165, 1.54) is 0 Å². The van der Waals surface area contributed by atoms with Crippen LogP contribution in [0.5, 0.6) is 5.75 Å². The van der Waals surface area contributed by atoms with E-state index in [4.69, 9.17) is 27.9 Å². The minimum absolute atomic E-state index is 0.244. The quantitative estimate of drug-likeness (QED) is 0.854. The fourth-order valence-electron chi connectivity index (χ4n) is 2.04. The standard InChI is InChI=1S/C16H14Cl2O3/c1-3-21-15-8-13(17)12(7-14(15)18)10-5-4-9(2)11(6-10)16(19)20/h4-8H,3H2,1-2H3,(H,19,20). The molecule has 21 heavy (non-hydrogen) atoms. The molecular weight excluding hydrogens is 311 g/mol. The van der Waals surface area contributed by atoms with E-state index in [2.05, 4.69) is 0 Å². The monoisotopic (exact) mass is 324 g/mol. The van der Waals surface area contributed by atoms with Gasteiger partial charge in [0.1, 0.15) is 5.75 Å². The average molecular weight is 325 g/mol. The zero-order chi connectivity index (χ0) is 15.6. The summed E-state index contributed by atoms with van der Waals surface area (Å²) < 4.78 is 5.38. The van der Waals surface area contributed by atoms with Crippen LogP contribution < -0.4 is 4.74 Å². The Morgan fingerprint density at radius 1 is 1.19 bits per heavy atom. The lowest BCUT2D eigenvalue weighted by Crippen LogP contribution is -2.00. The molecule has 2 rings (SSSR count). The van der Waals surface area contributed by atoms with Crippen LogP contribution >= 0.6 is 23.2 Å². The van der Waals surface area contributed by atoms with Crippen LogP contribution in [-0.2, 0) is 0 Å². The van der Waals surface area contributed by atoms with Crippen LogP contribution in [-0.4, -0.2) is 17.7 Å². The maximum Gasteiger partial charge on any atom is 0.335 e. The lowest BCUT2D eigenvalue weighted by Gasteiger charge is -2.11. The summed E-state index contributed by atoms with van der Waals surface area (Å²) in [7, 11) is 0. The van der Waals surface area contributed by atoms with Crippen molar-refractivity contribution < 1.29 is 14.6 Å². The fraction of sp³-hybridized carbons (Fsp3) is 0.188. The van der Waals surface area contributed by atoms with Gasteiger partial charge in [-0.3, -0.25) is 0 Å². The highest BCUT2D eigenvalue weighted by Gasteiger charge is 2.13. The summed E-state index contributed by atoms with van der Waals surface area (Å²) in [6, 6.07) is 8.49. The first-order valence-electron chi connectivity index (χ1n) is 6.40. The van der Waals surface area contributed by atoms with Crippen molar-refractivity contribution in [3.63, 3.8) is 0 Å². The third kappa shape index (κ3) is 3.31. The SMILES string of the molecule is CCOc1cc(Cl)c(-c2ccc(C)c(C(=O)O)c2)cc1Cl. The number of carboxylic acids is 1. The van der Waals surface area contributed by atoms with Gasteiger partial charge in [0, 0.05) is 11.6 Å². The highest BCUT2D eigenvalue weighted by molar-refractivity contribution is 6.36. The Kier molecular flexibility index (Phi) is 4.76. The van der Waals surface area contributed by atoms with Gasteiger partial charge in [0.05, 0.1) is 22.2 Å². The van der Waals surface area contributed by atoms with E-state index in [0.29, 0.717) is 39.1 Å². The van der Waals surface area contributed by atoms with Crippen LogP contribution in [0.25, 0.3) is 11.1 Å². The van der Waals surface area contributed by atoms with E-state index >= 15 is 0 Å². The Labute approximate surface area is 133 Å². The van der Waals surface area contributed by atoms with E-state index in [-0.39, 0.29) is 5.56 Å². The number of hydrogen-bond acceptors (Lipinski definition) is 2. The van der Waals surface area contributed by atoms with Crippen LogP contribution in [0.3, 0.4) is 0 Å². The molecule has 0 fully saturated rings. The van der Waals surface area contributed by atoms with Gasteiger partial charge in [-0.05, 0) is 37.1 Å². The molecule has 0 atom stereocenters. The minimum Gasteiger partial charge on any atom is -0.492 e. The van der Waals surface area contributed by atoms with Crippen LogP contribution in [0.15, 0.2) is 30.3 Å². The summed E-state index contributed by atoms with van der Waals surface area (Å²) in [6.45, 7) is 4.10. The summed E-state index contributed by atoms with van der Waals surface area (Å²) in [6.07, 6.45) is 0. The van der Waals surface area contributed by atoms with Crippen LogP contribution in [0.4, 0.5) is 0 Å². The van der Waals surface area contributed by atoms with Gasteiger partial charge in [-0.15, -0.1) is 0 Å². The Hall–Kier alpha value is -1.71. The highest BCUT2D eigenvalue weighted by Crippen LogP contribution is 2.37. The summed E-state index contributed by atoms with van der Waals surface area (Å²) >= 11 is 12.4. The summed E-state index contributed by atoms with van der Waals surface area (Å²) in [5.74, 6) is -0.457. The van der Waals surface area contributed by atoms with Crippen molar-refractivity contribution in [2.75, 3.05) is 6.61 Å². The van der Waals surface area contributed by atoms with Crippen molar-refractivity contribution in [1.29, 1.82) is 0 Å². The van der Waals surface area contributed by atoms with Gasteiger partial charge in [0.25, 0.3) is 0 Å². The zero-order valence-electron chi connectivity index (χ0n) is 11.6. The Balaban J connectivity index is 2.54. The van der Waals surface area contributed by atoms with Gasteiger partial charge in [-0.2, -0.15) is 0 Å². The second-order valence-corrected chi connectivity index (χ2v) is 5.34. The first-order chi connectivity index (χ1) is 9.93. The molecule has 0 aliphatic heterocycles. The van der Waals surface area contributed by atoms with Crippen molar-refractivity contribution in [3.05, 3.63) is 51.5 Å². The number of benzene rings is 2.